The van der Waals surface area contributed by atoms with Crippen molar-refractivity contribution >= 4 is 35.3 Å². The molecule has 1 fully saturated rings. The molecular weight excluding hydrogens is 406 g/mol. The molecule has 0 spiro atoms. The standard InChI is InChI=1S/C25H21N3O4/c29-24-13-18(15-28(24)21-9-10-22-23(14-21)32-16-31-22)25(30)27-20-6-3-4-17(12-20)7-8-19-5-1-2-11-26-19/h1-12,14,18H,13,15-16H2,(H,27,30)/b8-7+. The molecule has 1 N–H and O–H groups in total. The average molecular weight is 427 g/mol. The summed E-state index contributed by atoms with van der Waals surface area (Å²) < 4.78 is 10.7. The first kappa shape index (κ1) is 19.8. The molecule has 160 valence electrons. The number of nitrogens with zero attached hydrogens (tertiary/aromatic N) is 2. The van der Waals surface area contributed by atoms with Gasteiger partial charge in [0.05, 0.1) is 11.6 Å². The van der Waals surface area contributed by atoms with E-state index in [0.29, 0.717) is 29.4 Å². The number of benzene rings is 2. The van der Waals surface area contributed by atoms with Gasteiger partial charge in [-0.25, -0.2) is 0 Å². The molecule has 5 rings (SSSR count). The van der Waals surface area contributed by atoms with Crippen LogP contribution in [0.15, 0.2) is 66.9 Å². The van der Waals surface area contributed by atoms with Crippen molar-refractivity contribution in [1.29, 1.82) is 0 Å². The second-order valence-electron chi connectivity index (χ2n) is 7.65. The number of rotatable bonds is 5. The predicted octanol–water partition coefficient (Wildman–Crippen LogP) is 3.97. The number of amides is 2. The Kier molecular flexibility index (Phi) is 5.29. The van der Waals surface area contributed by atoms with Gasteiger partial charge in [0.2, 0.25) is 18.6 Å². The predicted molar refractivity (Wildman–Crippen MR) is 121 cm³/mol. The molecule has 1 unspecified atom stereocenters. The van der Waals surface area contributed by atoms with Crippen LogP contribution in [0.5, 0.6) is 11.5 Å². The highest BCUT2D eigenvalue weighted by atomic mass is 16.7. The molecule has 0 bridgehead atoms. The van der Waals surface area contributed by atoms with Crippen molar-refractivity contribution in [3.05, 3.63) is 78.1 Å². The van der Waals surface area contributed by atoms with Crippen LogP contribution in [-0.2, 0) is 9.59 Å². The van der Waals surface area contributed by atoms with E-state index in [0.717, 1.165) is 11.3 Å². The van der Waals surface area contributed by atoms with E-state index in [2.05, 4.69) is 10.3 Å². The largest absolute Gasteiger partial charge is 0.454 e. The summed E-state index contributed by atoms with van der Waals surface area (Å²) in [6, 6.07) is 18.6. The first-order valence-corrected chi connectivity index (χ1v) is 10.4. The highest BCUT2D eigenvalue weighted by molar-refractivity contribution is 6.03. The zero-order chi connectivity index (χ0) is 21.9. The monoisotopic (exact) mass is 427 g/mol. The Labute approximate surface area is 185 Å². The summed E-state index contributed by atoms with van der Waals surface area (Å²) in [4.78, 5) is 31.3. The Morgan fingerprint density at radius 1 is 1.03 bits per heavy atom. The lowest BCUT2D eigenvalue weighted by atomic mass is 10.1. The Hall–Kier alpha value is -4.13. The lowest BCUT2D eigenvalue weighted by Crippen LogP contribution is -2.28. The van der Waals surface area contributed by atoms with Crippen LogP contribution in [0.1, 0.15) is 17.7 Å². The van der Waals surface area contributed by atoms with Gasteiger partial charge in [0.1, 0.15) is 0 Å². The quantitative estimate of drug-likeness (QED) is 0.666. The molecular formula is C25H21N3O4. The molecule has 0 radical (unpaired) electrons. The minimum Gasteiger partial charge on any atom is -0.454 e. The van der Waals surface area contributed by atoms with Gasteiger partial charge in [-0.1, -0.05) is 24.3 Å². The third-order valence-corrected chi connectivity index (χ3v) is 5.45. The van der Waals surface area contributed by atoms with Crippen LogP contribution in [0.25, 0.3) is 12.2 Å². The van der Waals surface area contributed by atoms with E-state index in [-0.39, 0.29) is 25.0 Å². The number of pyridine rings is 1. The molecule has 7 heteroatoms. The van der Waals surface area contributed by atoms with Crippen molar-refractivity contribution in [2.24, 2.45) is 5.92 Å². The molecule has 2 amide bonds. The molecule has 0 saturated carbocycles. The molecule has 1 aromatic heterocycles. The Morgan fingerprint density at radius 3 is 2.81 bits per heavy atom. The summed E-state index contributed by atoms with van der Waals surface area (Å²) in [7, 11) is 0. The number of carbonyl (C=O) groups is 2. The highest BCUT2D eigenvalue weighted by Gasteiger charge is 2.35. The Balaban J connectivity index is 1.24. The third-order valence-electron chi connectivity index (χ3n) is 5.45. The summed E-state index contributed by atoms with van der Waals surface area (Å²) >= 11 is 0. The molecule has 2 aliphatic heterocycles. The molecule has 32 heavy (non-hydrogen) atoms. The topological polar surface area (TPSA) is 80.8 Å². The van der Waals surface area contributed by atoms with Crippen molar-refractivity contribution in [3.63, 3.8) is 0 Å². The maximum absolute atomic E-state index is 12.9. The fourth-order valence-electron chi connectivity index (χ4n) is 3.81. The van der Waals surface area contributed by atoms with E-state index in [1.165, 1.54) is 0 Å². The Morgan fingerprint density at radius 2 is 1.94 bits per heavy atom. The maximum atomic E-state index is 12.9. The summed E-state index contributed by atoms with van der Waals surface area (Å²) in [6.07, 6.45) is 5.77. The summed E-state index contributed by atoms with van der Waals surface area (Å²) in [6.45, 7) is 0.497. The van der Waals surface area contributed by atoms with Crippen LogP contribution in [0.4, 0.5) is 11.4 Å². The Bertz CT molecular complexity index is 1190. The number of carbonyl (C=O) groups excluding carboxylic acids is 2. The maximum Gasteiger partial charge on any atom is 0.231 e. The second kappa shape index (κ2) is 8.55. The fraction of sp³-hybridized carbons (Fsp3) is 0.160. The zero-order valence-corrected chi connectivity index (χ0v) is 17.2. The minimum atomic E-state index is -0.430. The summed E-state index contributed by atoms with van der Waals surface area (Å²) in [5.74, 6) is 0.578. The number of hydrogen-bond donors (Lipinski definition) is 1. The van der Waals surface area contributed by atoms with Crippen molar-refractivity contribution in [1.82, 2.24) is 4.98 Å². The normalized spacial score (nSPS) is 17.2. The third kappa shape index (κ3) is 4.18. The minimum absolute atomic E-state index is 0.0870. The first-order chi connectivity index (χ1) is 15.7. The van der Waals surface area contributed by atoms with Gasteiger partial charge in [-0.05, 0) is 48.0 Å². The number of ether oxygens (including phenoxy) is 2. The van der Waals surface area contributed by atoms with Crippen molar-refractivity contribution in [2.75, 3.05) is 23.6 Å². The highest BCUT2D eigenvalue weighted by Crippen LogP contribution is 2.37. The average Bonchev–Trinajstić information content (AvgIpc) is 3.44. The number of hydrogen-bond acceptors (Lipinski definition) is 5. The SMILES string of the molecule is O=C(Nc1cccc(/C=C/c2ccccn2)c1)C1CC(=O)N(c2ccc3c(c2)OCO3)C1. The van der Waals surface area contributed by atoms with Gasteiger partial charge in [-0.2, -0.15) is 0 Å². The molecule has 7 nitrogen and oxygen atoms in total. The molecule has 0 aliphatic carbocycles. The lowest BCUT2D eigenvalue weighted by molar-refractivity contribution is -0.122. The molecule has 1 atom stereocenters. The fourth-order valence-corrected chi connectivity index (χ4v) is 3.81. The van der Waals surface area contributed by atoms with Gasteiger partial charge in [0.25, 0.3) is 0 Å². The van der Waals surface area contributed by atoms with Crippen LogP contribution in [0.3, 0.4) is 0 Å². The van der Waals surface area contributed by atoms with E-state index < -0.39 is 5.92 Å². The molecule has 3 heterocycles. The number of aromatic nitrogens is 1. The van der Waals surface area contributed by atoms with E-state index in [4.69, 9.17) is 9.47 Å². The first-order valence-electron chi connectivity index (χ1n) is 10.4. The van der Waals surface area contributed by atoms with E-state index >= 15 is 0 Å². The molecule has 2 aliphatic rings. The van der Waals surface area contributed by atoms with Crippen molar-refractivity contribution in [3.8, 4) is 11.5 Å². The van der Waals surface area contributed by atoms with Crippen molar-refractivity contribution in [2.45, 2.75) is 6.42 Å². The number of fused-ring (bicyclic) bond motifs is 1. The van der Waals surface area contributed by atoms with E-state index in [9.17, 15) is 9.59 Å². The van der Waals surface area contributed by atoms with Crippen LogP contribution in [0.2, 0.25) is 0 Å². The molecule has 2 aromatic carbocycles. The number of anilines is 2. The van der Waals surface area contributed by atoms with Gasteiger partial charge in [-0.15, -0.1) is 0 Å². The van der Waals surface area contributed by atoms with Crippen molar-refractivity contribution < 1.29 is 19.1 Å². The van der Waals surface area contributed by atoms with E-state index in [1.807, 2.05) is 60.7 Å². The van der Waals surface area contributed by atoms with Crippen LogP contribution in [0, 0.1) is 5.92 Å². The van der Waals surface area contributed by atoms with Crippen LogP contribution >= 0.6 is 0 Å². The molecule has 1 saturated heterocycles. The van der Waals surface area contributed by atoms with E-state index in [1.54, 1.807) is 23.2 Å². The summed E-state index contributed by atoms with van der Waals surface area (Å²) in [5.41, 5.74) is 3.19. The van der Waals surface area contributed by atoms with Gasteiger partial charge in [0, 0.05) is 36.6 Å². The lowest BCUT2D eigenvalue weighted by Gasteiger charge is -2.17. The van der Waals surface area contributed by atoms with Gasteiger partial charge in [0.15, 0.2) is 11.5 Å². The summed E-state index contributed by atoms with van der Waals surface area (Å²) in [5, 5.41) is 2.94. The van der Waals surface area contributed by atoms with Crippen LogP contribution < -0.4 is 19.7 Å². The van der Waals surface area contributed by atoms with Gasteiger partial charge < -0.3 is 19.7 Å². The zero-order valence-electron chi connectivity index (χ0n) is 17.2. The number of nitrogens with one attached hydrogen (secondary N) is 1. The smallest absolute Gasteiger partial charge is 0.231 e. The van der Waals surface area contributed by atoms with Gasteiger partial charge >= 0.3 is 0 Å². The second-order valence-corrected chi connectivity index (χ2v) is 7.65. The van der Waals surface area contributed by atoms with Crippen LogP contribution in [-0.4, -0.2) is 30.1 Å². The van der Waals surface area contributed by atoms with Gasteiger partial charge in [-0.3, -0.25) is 14.6 Å². The molecule has 3 aromatic rings.